The van der Waals surface area contributed by atoms with Crippen molar-refractivity contribution in [3.05, 3.63) is 33.3 Å². The van der Waals surface area contributed by atoms with Crippen LogP contribution in [0.2, 0.25) is 10.0 Å². The molecular weight excluding hydrogens is 327 g/mol. The van der Waals surface area contributed by atoms with E-state index in [0.29, 0.717) is 5.92 Å². The molecule has 1 aromatic rings. The van der Waals surface area contributed by atoms with Crippen LogP contribution < -0.4 is 5.32 Å². The molecule has 116 valence electrons. The van der Waals surface area contributed by atoms with Gasteiger partial charge in [-0.05, 0) is 37.8 Å². The first-order valence-corrected chi connectivity index (χ1v) is 7.78. The molecular formula is C15H14Cl2N2O3. The highest BCUT2D eigenvalue weighted by Gasteiger charge is 2.38. The van der Waals surface area contributed by atoms with Gasteiger partial charge in [-0.15, -0.1) is 0 Å². The van der Waals surface area contributed by atoms with E-state index in [9.17, 15) is 14.4 Å². The number of carbonyl (C=O) groups excluding carboxylic acids is 3. The van der Waals surface area contributed by atoms with E-state index in [1.54, 1.807) is 0 Å². The van der Waals surface area contributed by atoms with Gasteiger partial charge < -0.3 is 5.32 Å². The van der Waals surface area contributed by atoms with Crippen molar-refractivity contribution in [3.8, 4) is 0 Å². The fourth-order valence-corrected chi connectivity index (χ4v) is 2.91. The first-order valence-electron chi connectivity index (χ1n) is 7.03. The summed E-state index contributed by atoms with van der Waals surface area (Å²) in [6.45, 7) is 1.64. The lowest BCUT2D eigenvalue weighted by atomic mass is 10.1. The SMILES string of the molecule is CC(NC(=O)CN1C(=O)c2cc(Cl)c(Cl)cc2C1=O)C1CC1. The van der Waals surface area contributed by atoms with Gasteiger partial charge in [0.25, 0.3) is 11.8 Å². The third-order valence-electron chi connectivity index (χ3n) is 4.03. The molecule has 22 heavy (non-hydrogen) atoms. The van der Waals surface area contributed by atoms with Gasteiger partial charge in [0, 0.05) is 6.04 Å². The Morgan fingerprint density at radius 3 is 2.18 bits per heavy atom. The Bertz CT molecular complexity index is 645. The topological polar surface area (TPSA) is 66.5 Å². The number of nitrogens with one attached hydrogen (secondary N) is 1. The third-order valence-corrected chi connectivity index (χ3v) is 4.75. The van der Waals surface area contributed by atoms with Gasteiger partial charge in [-0.1, -0.05) is 23.2 Å². The minimum atomic E-state index is -0.521. The molecule has 3 amide bonds. The number of benzene rings is 1. The highest BCUT2D eigenvalue weighted by molar-refractivity contribution is 6.43. The number of nitrogens with zero attached hydrogens (tertiary/aromatic N) is 1. The van der Waals surface area contributed by atoms with Crippen LogP contribution in [0, 0.1) is 5.92 Å². The van der Waals surface area contributed by atoms with E-state index in [1.807, 2.05) is 6.92 Å². The molecule has 3 rings (SSSR count). The number of rotatable bonds is 4. The zero-order valence-electron chi connectivity index (χ0n) is 11.9. The maximum atomic E-state index is 12.3. The van der Waals surface area contributed by atoms with E-state index in [-0.39, 0.29) is 39.7 Å². The van der Waals surface area contributed by atoms with E-state index in [4.69, 9.17) is 23.2 Å². The predicted octanol–water partition coefficient (Wildman–Crippen LogP) is 2.50. The van der Waals surface area contributed by atoms with Crippen molar-refractivity contribution in [2.75, 3.05) is 6.54 Å². The van der Waals surface area contributed by atoms with Crippen molar-refractivity contribution in [1.29, 1.82) is 0 Å². The summed E-state index contributed by atoms with van der Waals surface area (Å²) in [6.07, 6.45) is 2.21. The molecule has 0 radical (unpaired) electrons. The van der Waals surface area contributed by atoms with Crippen LogP contribution in [-0.4, -0.2) is 35.2 Å². The maximum Gasteiger partial charge on any atom is 0.262 e. The van der Waals surface area contributed by atoms with Crippen LogP contribution in [0.4, 0.5) is 0 Å². The standard InChI is InChI=1S/C15H14Cl2N2O3/c1-7(8-2-3-8)18-13(20)6-19-14(21)9-4-11(16)12(17)5-10(9)15(19)22/h4-5,7-8H,2-3,6H2,1H3,(H,18,20). The summed E-state index contributed by atoms with van der Waals surface area (Å²) in [5.74, 6) is -0.879. The van der Waals surface area contributed by atoms with Gasteiger partial charge in [0.2, 0.25) is 5.91 Å². The number of amides is 3. The molecule has 1 saturated carbocycles. The Kier molecular flexibility index (Phi) is 3.87. The Balaban J connectivity index is 1.74. The van der Waals surface area contributed by atoms with Crippen molar-refractivity contribution in [1.82, 2.24) is 10.2 Å². The zero-order valence-corrected chi connectivity index (χ0v) is 13.4. The van der Waals surface area contributed by atoms with Crippen molar-refractivity contribution in [2.24, 2.45) is 5.92 Å². The van der Waals surface area contributed by atoms with Gasteiger partial charge in [-0.25, -0.2) is 0 Å². The minimum absolute atomic E-state index is 0.0616. The lowest BCUT2D eigenvalue weighted by molar-refractivity contribution is -0.122. The highest BCUT2D eigenvalue weighted by Crippen LogP contribution is 2.33. The van der Waals surface area contributed by atoms with Crippen LogP contribution in [0.15, 0.2) is 12.1 Å². The number of imide groups is 1. The fraction of sp³-hybridized carbons (Fsp3) is 0.400. The summed E-state index contributed by atoms with van der Waals surface area (Å²) in [4.78, 5) is 37.5. The van der Waals surface area contributed by atoms with Gasteiger partial charge in [-0.2, -0.15) is 0 Å². The van der Waals surface area contributed by atoms with E-state index in [0.717, 1.165) is 17.7 Å². The fourth-order valence-electron chi connectivity index (χ4n) is 2.58. The first kappa shape index (κ1) is 15.3. The Morgan fingerprint density at radius 1 is 1.23 bits per heavy atom. The molecule has 5 nitrogen and oxygen atoms in total. The molecule has 1 atom stereocenters. The Morgan fingerprint density at radius 2 is 1.73 bits per heavy atom. The normalized spacial score (nSPS) is 18.4. The average Bonchev–Trinajstić information content (AvgIpc) is 3.27. The zero-order chi connectivity index (χ0) is 16.0. The van der Waals surface area contributed by atoms with E-state index >= 15 is 0 Å². The molecule has 1 aliphatic carbocycles. The molecule has 1 aliphatic heterocycles. The van der Waals surface area contributed by atoms with Gasteiger partial charge in [0.1, 0.15) is 6.54 Å². The van der Waals surface area contributed by atoms with Crippen LogP contribution >= 0.6 is 23.2 Å². The second kappa shape index (κ2) is 5.56. The smallest absolute Gasteiger partial charge is 0.262 e. The molecule has 0 saturated heterocycles. The lowest BCUT2D eigenvalue weighted by Gasteiger charge is -2.17. The summed E-state index contributed by atoms with van der Waals surface area (Å²) in [6, 6.07) is 2.79. The molecule has 1 aromatic carbocycles. The van der Waals surface area contributed by atoms with Crippen molar-refractivity contribution in [2.45, 2.75) is 25.8 Å². The second-order valence-electron chi connectivity index (χ2n) is 5.70. The van der Waals surface area contributed by atoms with Gasteiger partial charge in [0.15, 0.2) is 0 Å². The lowest BCUT2D eigenvalue weighted by Crippen LogP contribution is -2.43. The number of halogens is 2. The second-order valence-corrected chi connectivity index (χ2v) is 6.52. The first-order chi connectivity index (χ1) is 10.4. The number of fused-ring (bicyclic) bond motifs is 1. The van der Waals surface area contributed by atoms with Crippen molar-refractivity contribution < 1.29 is 14.4 Å². The van der Waals surface area contributed by atoms with E-state index < -0.39 is 11.8 Å². The summed E-state index contributed by atoms with van der Waals surface area (Å²) >= 11 is 11.8. The average molecular weight is 341 g/mol. The molecule has 1 N–H and O–H groups in total. The summed E-state index contributed by atoms with van der Waals surface area (Å²) in [5.41, 5.74) is 0.366. The summed E-state index contributed by atoms with van der Waals surface area (Å²) in [7, 11) is 0. The van der Waals surface area contributed by atoms with Crippen LogP contribution in [0.5, 0.6) is 0 Å². The van der Waals surface area contributed by atoms with E-state index in [2.05, 4.69) is 5.32 Å². The summed E-state index contributed by atoms with van der Waals surface area (Å²) in [5, 5.41) is 3.23. The monoisotopic (exact) mass is 340 g/mol. The quantitative estimate of drug-likeness (QED) is 0.856. The highest BCUT2D eigenvalue weighted by atomic mass is 35.5. The largest absolute Gasteiger partial charge is 0.352 e. The molecule has 1 unspecified atom stereocenters. The molecule has 1 heterocycles. The molecule has 0 aromatic heterocycles. The van der Waals surface area contributed by atoms with Gasteiger partial charge >= 0.3 is 0 Å². The number of carbonyl (C=O) groups is 3. The molecule has 1 fully saturated rings. The minimum Gasteiger partial charge on any atom is -0.352 e. The number of hydrogen-bond acceptors (Lipinski definition) is 3. The molecule has 2 aliphatic rings. The molecule has 0 bridgehead atoms. The van der Waals surface area contributed by atoms with Gasteiger partial charge in [0.05, 0.1) is 21.2 Å². The van der Waals surface area contributed by atoms with Crippen LogP contribution in [-0.2, 0) is 4.79 Å². The van der Waals surface area contributed by atoms with Gasteiger partial charge in [-0.3, -0.25) is 19.3 Å². The van der Waals surface area contributed by atoms with Crippen molar-refractivity contribution >= 4 is 40.9 Å². The molecule has 7 heteroatoms. The van der Waals surface area contributed by atoms with Crippen LogP contribution in [0.25, 0.3) is 0 Å². The third kappa shape index (κ3) is 2.71. The molecule has 0 spiro atoms. The number of hydrogen-bond donors (Lipinski definition) is 1. The Hall–Kier alpha value is -1.59. The maximum absolute atomic E-state index is 12.3. The van der Waals surface area contributed by atoms with Crippen molar-refractivity contribution in [3.63, 3.8) is 0 Å². The van der Waals surface area contributed by atoms with Crippen LogP contribution in [0.1, 0.15) is 40.5 Å². The van der Waals surface area contributed by atoms with Crippen LogP contribution in [0.3, 0.4) is 0 Å². The summed E-state index contributed by atoms with van der Waals surface area (Å²) < 4.78 is 0. The predicted molar refractivity (Wildman–Crippen MR) is 82.2 cm³/mol. The van der Waals surface area contributed by atoms with E-state index in [1.165, 1.54) is 12.1 Å². The Labute approximate surface area is 137 Å².